The zero-order chi connectivity index (χ0) is 12.8. The molecule has 96 valence electrons. The van der Waals surface area contributed by atoms with Gasteiger partial charge in [-0.3, -0.25) is 4.90 Å². The van der Waals surface area contributed by atoms with Crippen LogP contribution in [0.1, 0.15) is 22.7 Å². The highest BCUT2D eigenvalue weighted by Gasteiger charge is 2.16. The van der Waals surface area contributed by atoms with Gasteiger partial charge in [-0.25, -0.2) is 0 Å². The third-order valence-electron chi connectivity index (χ3n) is 3.19. The summed E-state index contributed by atoms with van der Waals surface area (Å²) in [5, 5.41) is 0. The van der Waals surface area contributed by atoms with E-state index in [-0.39, 0.29) is 0 Å². The molecule has 0 aromatic heterocycles. The number of thioether (sulfide) groups is 1. The third-order valence-corrected chi connectivity index (χ3v) is 3.78. The summed E-state index contributed by atoms with van der Waals surface area (Å²) >= 11 is 1.88. The highest BCUT2D eigenvalue weighted by Crippen LogP contribution is 2.22. The number of nitrogens with two attached hydrogens (primary N) is 1. The van der Waals surface area contributed by atoms with E-state index < -0.39 is 0 Å². The summed E-state index contributed by atoms with van der Waals surface area (Å²) < 4.78 is 0. The summed E-state index contributed by atoms with van der Waals surface area (Å²) in [6.45, 7) is 6.06. The topological polar surface area (TPSA) is 29.3 Å². The van der Waals surface area contributed by atoms with Crippen molar-refractivity contribution in [2.75, 3.05) is 32.1 Å². The van der Waals surface area contributed by atoms with Gasteiger partial charge in [-0.2, -0.15) is 11.8 Å². The molecule has 0 aliphatic carbocycles. The Hall–Kier alpha value is -0.510. The van der Waals surface area contributed by atoms with Crippen molar-refractivity contribution >= 4 is 11.8 Å². The van der Waals surface area contributed by atoms with E-state index in [1.165, 1.54) is 16.7 Å². The number of rotatable bonds is 6. The van der Waals surface area contributed by atoms with E-state index in [4.69, 9.17) is 5.73 Å². The monoisotopic (exact) mass is 252 g/mol. The summed E-state index contributed by atoms with van der Waals surface area (Å²) in [7, 11) is 2.16. The number of nitrogens with zero attached hydrogens (tertiary/aromatic N) is 1. The average molecular weight is 252 g/mol. The molecule has 0 radical (unpaired) electrons. The fraction of sp³-hybridized carbons (Fsp3) is 0.571. The van der Waals surface area contributed by atoms with Gasteiger partial charge in [0.25, 0.3) is 0 Å². The molecule has 1 unspecified atom stereocenters. The Morgan fingerprint density at radius 3 is 2.59 bits per heavy atom. The molecule has 1 atom stereocenters. The first kappa shape index (κ1) is 14.6. The van der Waals surface area contributed by atoms with E-state index in [1.54, 1.807) is 0 Å². The highest BCUT2D eigenvalue weighted by molar-refractivity contribution is 7.98. The Balaban J connectivity index is 2.85. The van der Waals surface area contributed by atoms with Gasteiger partial charge in [0.2, 0.25) is 0 Å². The fourth-order valence-corrected chi connectivity index (χ4v) is 2.61. The lowest BCUT2D eigenvalue weighted by atomic mass is 9.98. The van der Waals surface area contributed by atoms with Gasteiger partial charge in [0.15, 0.2) is 0 Å². The number of likely N-dealkylation sites (N-methyl/N-ethyl adjacent to an activating group) is 1. The van der Waals surface area contributed by atoms with Crippen molar-refractivity contribution in [3.05, 3.63) is 34.9 Å². The van der Waals surface area contributed by atoms with Gasteiger partial charge in [0.05, 0.1) is 0 Å². The summed E-state index contributed by atoms with van der Waals surface area (Å²) in [5.74, 6) is 1.15. The minimum atomic E-state index is 0.336. The first-order chi connectivity index (χ1) is 8.10. The van der Waals surface area contributed by atoms with Gasteiger partial charge < -0.3 is 5.73 Å². The Morgan fingerprint density at radius 1 is 1.35 bits per heavy atom. The molecule has 0 aliphatic heterocycles. The van der Waals surface area contributed by atoms with Crippen molar-refractivity contribution in [3.8, 4) is 0 Å². The Morgan fingerprint density at radius 2 is 2.06 bits per heavy atom. The molecule has 0 fully saturated rings. The Kier molecular flexibility index (Phi) is 6.03. The van der Waals surface area contributed by atoms with Crippen LogP contribution in [0.2, 0.25) is 0 Å². The number of hydrogen-bond acceptors (Lipinski definition) is 3. The standard InChI is InChI=1S/C14H24N2S/c1-11-5-6-13(12(2)9-11)14(10-15)16(3)7-8-17-4/h5-6,9,14H,7-8,10,15H2,1-4H3. The molecule has 1 aromatic carbocycles. The minimum Gasteiger partial charge on any atom is -0.329 e. The second-order valence-electron chi connectivity index (χ2n) is 4.58. The average Bonchev–Trinajstić information content (AvgIpc) is 2.30. The molecule has 3 heteroatoms. The second kappa shape index (κ2) is 7.04. The Labute approximate surface area is 110 Å². The maximum atomic E-state index is 5.94. The predicted molar refractivity (Wildman–Crippen MR) is 78.7 cm³/mol. The lowest BCUT2D eigenvalue weighted by Gasteiger charge is -2.28. The molecule has 0 spiro atoms. The van der Waals surface area contributed by atoms with E-state index in [0.717, 1.165) is 12.3 Å². The minimum absolute atomic E-state index is 0.336. The summed E-state index contributed by atoms with van der Waals surface area (Å²) in [6.07, 6.45) is 2.14. The molecule has 17 heavy (non-hydrogen) atoms. The normalized spacial score (nSPS) is 13.1. The van der Waals surface area contributed by atoms with Gasteiger partial charge in [0, 0.05) is 24.9 Å². The predicted octanol–water partition coefficient (Wildman–Crippen LogP) is 2.60. The van der Waals surface area contributed by atoms with Crippen LogP contribution in [-0.2, 0) is 0 Å². The van der Waals surface area contributed by atoms with Crippen LogP contribution in [0.25, 0.3) is 0 Å². The number of aryl methyl sites for hydroxylation is 2. The van der Waals surface area contributed by atoms with Crippen molar-refractivity contribution in [2.45, 2.75) is 19.9 Å². The van der Waals surface area contributed by atoms with Crippen LogP contribution in [0, 0.1) is 13.8 Å². The maximum Gasteiger partial charge on any atom is 0.0470 e. The van der Waals surface area contributed by atoms with Crippen molar-refractivity contribution < 1.29 is 0 Å². The van der Waals surface area contributed by atoms with Crippen LogP contribution in [0.3, 0.4) is 0 Å². The van der Waals surface area contributed by atoms with Gasteiger partial charge in [0.1, 0.15) is 0 Å². The third kappa shape index (κ3) is 4.02. The van der Waals surface area contributed by atoms with Crippen LogP contribution in [0.4, 0.5) is 0 Å². The molecule has 1 aromatic rings. The second-order valence-corrected chi connectivity index (χ2v) is 5.57. The van der Waals surface area contributed by atoms with Crippen molar-refractivity contribution in [2.24, 2.45) is 5.73 Å². The van der Waals surface area contributed by atoms with E-state index in [9.17, 15) is 0 Å². The first-order valence-corrected chi connectivity index (χ1v) is 7.46. The van der Waals surface area contributed by atoms with Crippen LogP contribution >= 0.6 is 11.8 Å². The van der Waals surface area contributed by atoms with Gasteiger partial charge in [-0.1, -0.05) is 23.8 Å². The first-order valence-electron chi connectivity index (χ1n) is 6.06. The number of benzene rings is 1. The van der Waals surface area contributed by atoms with Gasteiger partial charge in [-0.05, 0) is 38.3 Å². The SMILES string of the molecule is CSCCN(C)C(CN)c1ccc(C)cc1C. The lowest BCUT2D eigenvalue weighted by molar-refractivity contribution is 0.265. The van der Waals surface area contributed by atoms with Crippen LogP contribution in [0.15, 0.2) is 18.2 Å². The smallest absolute Gasteiger partial charge is 0.0470 e. The zero-order valence-corrected chi connectivity index (χ0v) is 12.2. The molecular formula is C14H24N2S. The zero-order valence-electron chi connectivity index (χ0n) is 11.4. The molecular weight excluding hydrogens is 228 g/mol. The van der Waals surface area contributed by atoms with Crippen molar-refractivity contribution in [1.82, 2.24) is 4.90 Å². The largest absolute Gasteiger partial charge is 0.329 e. The van der Waals surface area contributed by atoms with E-state index >= 15 is 0 Å². The van der Waals surface area contributed by atoms with Crippen LogP contribution in [-0.4, -0.2) is 37.0 Å². The summed E-state index contributed by atoms with van der Waals surface area (Å²) in [6, 6.07) is 6.97. The van der Waals surface area contributed by atoms with Gasteiger partial charge >= 0.3 is 0 Å². The lowest BCUT2D eigenvalue weighted by Crippen LogP contribution is -2.32. The molecule has 0 aliphatic rings. The molecule has 2 nitrogen and oxygen atoms in total. The summed E-state index contributed by atoms with van der Waals surface area (Å²) in [5.41, 5.74) is 9.96. The molecule has 0 saturated carbocycles. The van der Waals surface area contributed by atoms with Crippen molar-refractivity contribution in [3.63, 3.8) is 0 Å². The molecule has 0 saturated heterocycles. The van der Waals surface area contributed by atoms with Crippen LogP contribution in [0.5, 0.6) is 0 Å². The Bertz CT molecular complexity index is 352. The van der Waals surface area contributed by atoms with Gasteiger partial charge in [-0.15, -0.1) is 0 Å². The van der Waals surface area contributed by atoms with Crippen molar-refractivity contribution in [1.29, 1.82) is 0 Å². The molecule has 1 rings (SSSR count). The highest BCUT2D eigenvalue weighted by atomic mass is 32.2. The van der Waals surface area contributed by atoms with E-state index in [2.05, 4.69) is 50.2 Å². The molecule has 0 bridgehead atoms. The van der Waals surface area contributed by atoms with E-state index in [1.807, 2.05) is 11.8 Å². The molecule has 0 amide bonds. The number of hydrogen-bond donors (Lipinski definition) is 1. The molecule has 0 heterocycles. The van der Waals surface area contributed by atoms with Crippen LogP contribution < -0.4 is 5.73 Å². The summed E-state index contributed by atoms with van der Waals surface area (Å²) in [4.78, 5) is 2.36. The quantitative estimate of drug-likeness (QED) is 0.844. The maximum absolute atomic E-state index is 5.94. The molecule has 2 N–H and O–H groups in total. The van der Waals surface area contributed by atoms with E-state index in [0.29, 0.717) is 12.6 Å². The fourth-order valence-electron chi connectivity index (χ4n) is 2.13.